The monoisotopic (exact) mass is 387 g/mol. The number of carbonyl (C=O) groups is 1. The first-order chi connectivity index (χ1) is 13.0. The normalized spacial score (nSPS) is 10.7. The number of aryl methyl sites for hydroxylation is 2. The van der Waals surface area contributed by atoms with Gasteiger partial charge in [0.05, 0.1) is 24.4 Å². The minimum absolute atomic E-state index is 0.0989. The summed E-state index contributed by atoms with van der Waals surface area (Å²) in [6.07, 6.45) is 1.34. The molecule has 0 saturated heterocycles. The molecule has 8 heteroatoms. The van der Waals surface area contributed by atoms with Crippen LogP contribution in [0.15, 0.2) is 34.3 Å². The average Bonchev–Trinajstić information content (AvgIpc) is 3.28. The molecule has 0 saturated carbocycles. The van der Waals surface area contributed by atoms with E-state index in [9.17, 15) is 4.79 Å². The van der Waals surface area contributed by atoms with Crippen LogP contribution in [0.5, 0.6) is 11.5 Å². The topological polar surface area (TPSA) is 77.7 Å². The van der Waals surface area contributed by atoms with Crippen LogP contribution in [0, 0.1) is 13.8 Å². The summed E-state index contributed by atoms with van der Waals surface area (Å²) in [6, 6.07) is 5.64. The van der Waals surface area contributed by atoms with E-state index < -0.39 is 0 Å². The van der Waals surface area contributed by atoms with Crippen LogP contribution >= 0.6 is 11.3 Å². The maximum atomic E-state index is 12.5. The fraction of sp³-hybridized carbons (Fsp3) is 0.316. The van der Waals surface area contributed by atoms with Crippen molar-refractivity contribution in [3.05, 3.63) is 57.7 Å². The summed E-state index contributed by atoms with van der Waals surface area (Å²) >= 11 is 1.56. The highest BCUT2D eigenvalue weighted by atomic mass is 32.1. The molecule has 0 bridgehead atoms. The maximum absolute atomic E-state index is 12.5. The largest absolute Gasteiger partial charge is 0.493 e. The van der Waals surface area contributed by atoms with E-state index in [0.717, 1.165) is 16.3 Å². The van der Waals surface area contributed by atoms with E-state index in [2.05, 4.69) is 9.97 Å². The Labute approximate surface area is 161 Å². The number of hydrogen-bond acceptors (Lipinski definition) is 7. The molecule has 3 rings (SSSR count). The molecule has 0 spiro atoms. The molecule has 142 valence electrons. The number of methoxy groups -OCH3 is 1. The van der Waals surface area contributed by atoms with Gasteiger partial charge in [0.2, 0.25) is 5.89 Å². The Morgan fingerprint density at radius 3 is 2.78 bits per heavy atom. The van der Waals surface area contributed by atoms with Crippen molar-refractivity contribution in [1.29, 1.82) is 0 Å². The number of benzene rings is 1. The van der Waals surface area contributed by atoms with Gasteiger partial charge in [-0.2, -0.15) is 0 Å². The van der Waals surface area contributed by atoms with Crippen molar-refractivity contribution in [3.63, 3.8) is 0 Å². The zero-order valence-corrected chi connectivity index (χ0v) is 16.5. The Balaban J connectivity index is 1.61. The lowest BCUT2D eigenvalue weighted by Crippen LogP contribution is -2.26. The highest BCUT2D eigenvalue weighted by Gasteiger charge is 2.18. The number of ether oxygens (including phenoxy) is 2. The Morgan fingerprint density at radius 2 is 2.07 bits per heavy atom. The molecule has 0 aliphatic rings. The molecule has 1 aromatic carbocycles. The second-order valence-corrected chi connectivity index (χ2v) is 7.15. The molecule has 0 atom stereocenters. The van der Waals surface area contributed by atoms with Crippen LogP contribution in [-0.4, -0.2) is 34.9 Å². The smallest absolute Gasteiger partial charge is 0.275 e. The summed E-state index contributed by atoms with van der Waals surface area (Å²) < 4.78 is 16.4. The number of rotatable bonds is 7. The fourth-order valence-electron chi connectivity index (χ4n) is 2.50. The van der Waals surface area contributed by atoms with Gasteiger partial charge in [-0.05, 0) is 31.5 Å². The molecular weight excluding hydrogens is 366 g/mol. The molecule has 3 aromatic rings. The van der Waals surface area contributed by atoms with Crippen LogP contribution in [0.1, 0.15) is 32.6 Å². The highest BCUT2D eigenvalue weighted by Crippen LogP contribution is 2.28. The van der Waals surface area contributed by atoms with Gasteiger partial charge in [0, 0.05) is 12.4 Å². The van der Waals surface area contributed by atoms with Gasteiger partial charge in [0.15, 0.2) is 23.8 Å². The van der Waals surface area contributed by atoms with Gasteiger partial charge in [-0.15, -0.1) is 11.3 Å². The van der Waals surface area contributed by atoms with Crippen molar-refractivity contribution >= 4 is 17.2 Å². The molecule has 2 aromatic heterocycles. The summed E-state index contributed by atoms with van der Waals surface area (Å²) in [4.78, 5) is 22.6. The van der Waals surface area contributed by atoms with Crippen molar-refractivity contribution in [1.82, 2.24) is 14.9 Å². The first-order valence-electron chi connectivity index (χ1n) is 8.34. The Morgan fingerprint density at radius 1 is 1.26 bits per heavy atom. The van der Waals surface area contributed by atoms with Gasteiger partial charge < -0.3 is 18.8 Å². The minimum Gasteiger partial charge on any atom is -0.493 e. The molecule has 0 aliphatic carbocycles. The van der Waals surface area contributed by atoms with Crippen LogP contribution in [0.3, 0.4) is 0 Å². The van der Waals surface area contributed by atoms with Crippen molar-refractivity contribution < 1.29 is 18.7 Å². The van der Waals surface area contributed by atoms with Gasteiger partial charge in [0.25, 0.3) is 5.91 Å². The fourth-order valence-corrected chi connectivity index (χ4v) is 3.10. The lowest BCUT2D eigenvalue weighted by atomic mass is 10.2. The third-order valence-electron chi connectivity index (χ3n) is 3.85. The van der Waals surface area contributed by atoms with Crippen LogP contribution in [0.25, 0.3) is 0 Å². The number of thiazole rings is 1. The molecule has 0 unspecified atom stereocenters. The summed E-state index contributed by atoms with van der Waals surface area (Å²) in [5.74, 6) is 1.31. The van der Waals surface area contributed by atoms with Crippen LogP contribution in [0.2, 0.25) is 0 Å². The van der Waals surface area contributed by atoms with Gasteiger partial charge >= 0.3 is 0 Å². The number of amides is 1. The molecule has 27 heavy (non-hydrogen) atoms. The predicted octanol–water partition coefficient (Wildman–Crippen LogP) is 3.61. The van der Waals surface area contributed by atoms with E-state index in [-0.39, 0.29) is 18.2 Å². The zero-order chi connectivity index (χ0) is 19.4. The summed E-state index contributed by atoms with van der Waals surface area (Å²) in [7, 11) is 3.29. The molecule has 2 heterocycles. The van der Waals surface area contributed by atoms with E-state index in [1.807, 2.05) is 37.4 Å². The quantitative estimate of drug-likeness (QED) is 0.616. The number of aromatic nitrogens is 2. The van der Waals surface area contributed by atoms with Crippen molar-refractivity contribution in [2.75, 3.05) is 14.2 Å². The van der Waals surface area contributed by atoms with E-state index in [1.54, 1.807) is 30.4 Å². The maximum Gasteiger partial charge on any atom is 0.275 e. The average molecular weight is 387 g/mol. The lowest BCUT2D eigenvalue weighted by molar-refractivity contribution is 0.0777. The van der Waals surface area contributed by atoms with Crippen LogP contribution in [-0.2, 0) is 13.2 Å². The third kappa shape index (κ3) is 4.65. The molecule has 7 nitrogen and oxygen atoms in total. The van der Waals surface area contributed by atoms with E-state index in [1.165, 1.54) is 6.26 Å². The lowest BCUT2D eigenvalue weighted by Gasteiger charge is -2.13. The number of carbonyl (C=O) groups excluding carboxylic acids is 1. The summed E-state index contributed by atoms with van der Waals surface area (Å²) in [5, 5.41) is 2.91. The Kier molecular flexibility index (Phi) is 5.75. The van der Waals surface area contributed by atoms with Gasteiger partial charge in [-0.25, -0.2) is 9.97 Å². The number of oxazole rings is 1. The standard InChI is InChI=1S/C19H21N3O4S/c1-12-5-6-16(17(7-12)24-4)25-10-18-21-15(9-26-18)19(23)22(3)8-14-11-27-13(2)20-14/h5-7,9,11H,8,10H2,1-4H3. The van der Waals surface area contributed by atoms with Crippen LogP contribution in [0.4, 0.5) is 0 Å². The number of nitrogens with zero attached hydrogens (tertiary/aromatic N) is 3. The molecule has 0 radical (unpaired) electrons. The Hall–Kier alpha value is -2.87. The molecule has 0 aliphatic heterocycles. The SMILES string of the molecule is COc1cc(C)ccc1OCc1nc(C(=O)N(C)Cc2csc(C)n2)co1. The molecular formula is C19H21N3O4S. The molecule has 0 N–H and O–H groups in total. The first kappa shape index (κ1) is 18.9. The second kappa shape index (κ2) is 8.22. The van der Waals surface area contributed by atoms with E-state index >= 15 is 0 Å². The predicted molar refractivity (Wildman–Crippen MR) is 101 cm³/mol. The van der Waals surface area contributed by atoms with Crippen molar-refractivity contribution in [2.45, 2.75) is 27.0 Å². The third-order valence-corrected chi connectivity index (χ3v) is 4.68. The minimum atomic E-state index is -0.233. The summed E-state index contributed by atoms with van der Waals surface area (Å²) in [6.45, 7) is 4.43. The molecule has 1 amide bonds. The highest BCUT2D eigenvalue weighted by molar-refractivity contribution is 7.09. The van der Waals surface area contributed by atoms with E-state index in [4.69, 9.17) is 13.9 Å². The first-order valence-corrected chi connectivity index (χ1v) is 9.22. The van der Waals surface area contributed by atoms with Crippen molar-refractivity contribution in [2.24, 2.45) is 0 Å². The Bertz CT molecular complexity index is 935. The van der Waals surface area contributed by atoms with Gasteiger partial charge in [0.1, 0.15) is 6.26 Å². The molecule has 0 fully saturated rings. The van der Waals surface area contributed by atoms with E-state index in [0.29, 0.717) is 23.9 Å². The second-order valence-electron chi connectivity index (χ2n) is 6.09. The summed E-state index contributed by atoms with van der Waals surface area (Å²) in [5.41, 5.74) is 2.16. The number of hydrogen-bond donors (Lipinski definition) is 0. The van der Waals surface area contributed by atoms with Crippen molar-refractivity contribution in [3.8, 4) is 11.5 Å². The zero-order valence-electron chi connectivity index (χ0n) is 15.7. The van der Waals surface area contributed by atoms with Crippen LogP contribution < -0.4 is 9.47 Å². The van der Waals surface area contributed by atoms with Gasteiger partial charge in [-0.3, -0.25) is 4.79 Å². The van der Waals surface area contributed by atoms with Gasteiger partial charge in [-0.1, -0.05) is 6.07 Å².